The van der Waals surface area contributed by atoms with Crippen LogP contribution in [-0.4, -0.2) is 76.4 Å². The maximum Gasteiger partial charge on any atom is 0.319 e. The number of piperazine rings is 1. The van der Waals surface area contributed by atoms with Gasteiger partial charge in [-0.15, -0.1) is 11.3 Å². The van der Waals surface area contributed by atoms with Crippen LogP contribution in [-0.2, 0) is 11.8 Å². The van der Waals surface area contributed by atoms with Gasteiger partial charge in [0.05, 0.1) is 16.5 Å². The highest BCUT2D eigenvalue weighted by Crippen LogP contribution is 2.49. The summed E-state index contributed by atoms with van der Waals surface area (Å²) >= 11 is 1.50. The molecule has 3 aromatic rings. The summed E-state index contributed by atoms with van der Waals surface area (Å²) in [7, 11) is 2.22. The van der Waals surface area contributed by atoms with Gasteiger partial charge in [-0.2, -0.15) is 20.2 Å². The van der Waals surface area contributed by atoms with Crippen molar-refractivity contribution in [3.8, 4) is 23.6 Å². The van der Waals surface area contributed by atoms with E-state index in [1.807, 2.05) is 6.07 Å². The third kappa shape index (κ3) is 4.37. The molecule has 2 aliphatic carbocycles. The SMILES string of the molecule is CN1CCCC12CCCC2Oc1nc(-c2noc([C@@]3(C)CCCc4sc(N)c(C#N)c43)n2)cc(N2CCNCC2)n1. The Bertz CT molecular complexity index is 1490. The van der Waals surface area contributed by atoms with E-state index in [2.05, 4.69) is 40.3 Å². The Balaban J connectivity index is 1.26. The van der Waals surface area contributed by atoms with E-state index in [1.54, 1.807) is 0 Å². The molecule has 3 N–H and O–H groups in total. The standard InChI is InChI=1S/C29H37N9O2S/c1-28(8-3-6-20-23(28)18(17-30)24(31)41-20)26-35-25(36-40-26)19-16-22(38-14-11-32-12-15-38)34-27(33-19)39-21-7-4-9-29(21)10-5-13-37(29)2/h16,21,32H,3-15,31H2,1-2H3/t21?,28-,29?/m0/s1. The molecule has 11 nitrogen and oxygen atoms in total. The summed E-state index contributed by atoms with van der Waals surface area (Å²) in [6.45, 7) is 6.66. The van der Waals surface area contributed by atoms with Gasteiger partial charge < -0.3 is 25.2 Å². The predicted molar refractivity (Wildman–Crippen MR) is 156 cm³/mol. The second-order valence-corrected chi connectivity index (χ2v) is 13.3. The quantitative estimate of drug-likeness (QED) is 0.462. The fraction of sp³-hybridized carbons (Fsp3) is 0.621. The maximum absolute atomic E-state index is 9.89. The number of nitrogens with two attached hydrogens (primary N) is 1. The molecule has 3 aromatic heterocycles. The molecule has 7 rings (SSSR count). The van der Waals surface area contributed by atoms with Crippen molar-refractivity contribution in [2.24, 2.45) is 0 Å². The molecule has 12 heteroatoms. The molecule has 1 saturated carbocycles. The van der Waals surface area contributed by atoms with Gasteiger partial charge in [0.25, 0.3) is 0 Å². The Kier molecular flexibility index (Phi) is 6.64. The molecule has 3 fully saturated rings. The van der Waals surface area contributed by atoms with Crippen LogP contribution in [0.15, 0.2) is 10.6 Å². The van der Waals surface area contributed by atoms with E-state index in [0.717, 1.165) is 93.9 Å². The molecule has 3 atom stereocenters. The average Bonchev–Trinajstić information content (AvgIpc) is 3.77. The number of nitrogen functional groups attached to an aromatic ring is 1. The largest absolute Gasteiger partial charge is 0.458 e. The molecular weight excluding hydrogens is 538 g/mol. The molecule has 0 bridgehead atoms. The minimum Gasteiger partial charge on any atom is -0.458 e. The number of thiophene rings is 1. The van der Waals surface area contributed by atoms with E-state index < -0.39 is 5.41 Å². The zero-order valence-electron chi connectivity index (χ0n) is 23.8. The molecule has 4 aliphatic rings. The summed E-state index contributed by atoms with van der Waals surface area (Å²) in [4.78, 5) is 20.5. The van der Waals surface area contributed by atoms with Gasteiger partial charge in [0, 0.05) is 42.7 Å². The number of anilines is 2. The average molecular weight is 576 g/mol. The monoisotopic (exact) mass is 575 g/mol. The number of fused-ring (bicyclic) bond motifs is 1. The Hall–Kier alpha value is -3.27. The highest BCUT2D eigenvalue weighted by molar-refractivity contribution is 7.16. The Labute approximate surface area is 244 Å². The first-order chi connectivity index (χ1) is 19.9. The first kappa shape index (κ1) is 26.6. The van der Waals surface area contributed by atoms with Crippen LogP contribution in [0.5, 0.6) is 6.01 Å². The fourth-order valence-corrected chi connectivity index (χ4v) is 8.77. The second-order valence-electron chi connectivity index (χ2n) is 12.1. The molecule has 1 spiro atoms. The fourth-order valence-electron chi connectivity index (χ4n) is 7.57. The summed E-state index contributed by atoms with van der Waals surface area (Å²) in [6.07, 6.45) is 8.34. The number of rotatable bonds is 5. The third-order valence-corrected chi connectivity index (χ3v) is 10.9. The van der Waals surface area contributed by atoms with Crippen LogP contribution in [0.25, 0.3) is 11.5 Å². The van der Waals surface area contributed by atoms with Crippen LogP contribution < -0.4 is 20.7 Å². The van der Waals surface area contributed by atoms with Gasteiger partial charge in [0.1, 0.15) is 28.7 Å². The number of nitrogens with one attached hydrogen (secondary N) is 1. The number of nitrogens with zero attached hydrogens (tertiary/aromatic N) is 7. The van der Waals surface area contributed by atoms with Gasteiger partial charge in [-0.05, 0) is 71.9 Å². The summed E-state index contributed by atoms with van der Waals surface area (Å²) < 4.78 is 12.6. The van der Waals surface area contributed by atoms with Crippen LogP contribution in [0.1, 0.15) is 73.8 Å². The van der Waals surface area contributed by atoms with E-state index in [0.29, 0.717) is 34.0 Å². The van der Waals surface area contributed by atoms with E-state index in [9.17, 15) is 5.26 Å². The van der Waals surface area contributed by atoms with Crippen molar-refractivity contribution in [1.82, 2.24) is 30.3 Å². The van der Waals surface area contributed by atoms with Crippen molar-refractivity contribution in [1.29, 1.82) is 5.26 Å². The second kappa shape index (κ2) is 10.2. The van der Waals surface area contributed by atoms with Gasteiger partial charge >= 0.3 is 6.01 Å². The lowest BCUT2D eigenvalue weighted by Gasteiger charge is -2.37. The van der Waals surface area contributed by atoms with Crippen LogP contribution in [0.3, 0.4) is 0 Å². The van der Waals surface area contributed by atoms with Crippen molar-refractivity contribution in [2.75, 3.05) is 50.4 Å². The number of aromatic nitrogens is 4. The van der Waals surface area contributed by atoms with Gasteiger partial charge in [0.2, 0.25) is 11.7 Å². The molecule has 0 radical (unpaired) electrons. The van der Waals surface area contributed by atoms with E-state index in [4.69, 9.17) is 29.9 Å². The predicted octanol–water partition coefficient (Wildman–Crippen LogP) is 3.49. The van der Waals surface area contributed by atoms with E-state index in [-0.39, 0.29) is 11.6 Å². The maximum atomic E-state index is 9.89. The van der Waals surface area contributed by atoms with Crippen LogP contribution in [0, 0.1) is 11.3 Å². The zero-order valence-corrected chi connectivity index (χ0v) is 24.6. The van der Waals surface area contributed by atoms with Gasteiger partial charge in [-0.3, -0.25) is 4.90 Å². The molecule has 0 aromatic carbocycles. The van der Waals surface area contributed by atoms with Gasteiger partial charge in [-0.1, -0.05) is 5.16 Å². The minimum absolute atomic E-state index is 0.0509. The number of hydrogen-bond donors (Lipinski definition) is 2. The van der Waals surface area contributed by atoms with E-state index in [1.165, 1.54) is 17.8 Å². The molecule has 41 heavy (non-hydrogen) atoms. The Morgan fingerprint density at radius 1 is 1.15 bits per heavy atom. The Morgan fingerprint density at radius 2 is 1.98 bits per heavy atom. The van der Waals surface area contributed by atoms with Gasteiger partial charge in [0.15, 0.2) is 0 Å². The number of hydrogen-bond acceptors (Lipinski definition) is 12. The molecule has 2 unspecified atom stereocenters. The summed E-state index contributed by atoms with van der Waals surface area (Å²) in [5, 5.41) is 18.3. The number of likely N-dealkylation sites (tertiary alicyclic amines) is 1. The topological polar surface area (TPSA) is 142 Å². The van der Waals surface area contributed by atoms with Crippen molar-refractivity contribution in [3.63, 3.8) is 0 Å². The van der Waals surface area contributed by atoms with E-state index >= 15 is 0 Å². The van der Waals surface area contributed by atoms with Gasteiger partial charge in [-0.25, -0.2) is 0 Å². The van der Waals surface area contributed by atoms with Crippen LogP contribution in [0.4, 0.5) is 10.8 Å². The normalized spacial score (nSPS) is 28.2. The lowest BCUT2D eigenvalue weighted by molar-refractivity contribution is 0.0410. The molecule has 5 heterocycles. The number of ether oxygens (including phenoxy) is 1. The van der Waals surface area contributed by atoms with Crippen molar-refractivity contribution in [2.45, 2.75) is 75.3 Å². The first-order valence-electron chi connectivity index (χ1n) is 14.8. The molecular formula is C29H37N9O2S. The van der Waals surface area contributed by atoms with Crippen molar-refractivity contribution < 1.29 is 9.26 Å². The number of likely N-dealkylation sites (N-methyl/N-ethyl adjacent to an activating group) is 1. The minimum atomic E-state index is -0.588. The summed E-state index contributed by atoms with van der Waals surface area (Å²) in [5.74, 6) is 1.70. The molecule has 2 aliphatic heterocycles. The third-order valence-electron chi connectivity index (χ3n) is 9.80. The summed E-state index contributed by atoms with van der Waals surface area (Å²) in [6, 6.07) is 4.63. The smallest absolute Gasteiger partial charge is 0.319 e. The summed E-state index contributed by atoms with van der Waals surface area (Å²) in [5.41, 5.74) is 7.75. The molecule has 0 amide bonds. The van der Waals surface area contributed by atoms with Crippen molar-refractivity contribution >= 4 is 22.2 Å². The molecule has 2 saturated heterocycles. The van der Waals surface area contributed by atoms with Crippen LogP contribution in [0.2, 0.25) is 0 Å². The lowest BCUT2D eigenvalue weighted by Crippen LogP contribution is -2.50. The lowest BCUT2D eigenvalue weighted by atomic mass is 9.72. The number of aryl methyl sites for hydroxylation is 1. The highest BCUT2D eigenvalue weighted by atomic mass is 32.1. The molecule has 216 valence electrons. The first-order valence-corrected chi connectivity index (χ1v) is 15.6. The highest BCUT2D eigenvalue weighted by Gasteiger charge is 2.50. The zero-order chi connectivity index (χ0) is 28.2. The van der Waals surface area contributed by atoms with Crippen LogP contribution >= 0.6 is 11.3 Å². The Morgan fingerprint density at radius 3 is 2.76 bits per heavy atom. The number of nitriles is 1. The van der Waals surface area contributed by atoms with Crippen molar-refractivity contribution in [3.05, 3.63) is 28.0 Å².